The molecule has 2 bridgehead atoms. The summed E-state index contributed by atoms with van der Waals surface area (Å²) in [6.07, 6.45) is 2.43. The van der Waals surface area contributed by atoms with Gasteiger partial charge in [0, 0.05) is 30.6 Å². The summed E-state index contributed by atoms with van der Waals surface area (Å²) in [4.78, 5) is 42.6. The second kappa shape index (κ2) is 7.23. The van der Waals surface area contributed by atoms with Crippen LogP contribution in [0.5, 0.6) is 5.75 Å². The van der Waals surface area contributed by atoms with E-state index >= 15 is 0 Å². The zero-order chi connectivity index (χ0) is 22.7. The number of nitrogens with zero attached hydrogens (tertiary/aromatic N) is 2. The van der Waals surface area contributed by atoms with Gasteiger partial charge in [-0.25, -0.2) is 0 Å². The number of hydrogen-bond acceptors (Lipinski definition) is 5. The van der Waals surface area contributed by atoms with Crippen LogP contribution < -0.4 is 20.3 Å². The predicted molar refractivity (Wildman–Crippen MR) is 122 cm³/mol. The second-order valence-electron chi connectivity index (χ2n) is 9.45. The highest BCUT2D eigenvalue weighted by Crippen LogP contribution is 2.43. The fourth-order valence-corrected chi connectivity index (χ4v) is 5.96. The molecular formula is C25H26N4O4. The predicted octanol–water partition coefficient (Wildman–Crippen LogP) is 2.51. The van der Waals surface area contributed by atoms with Gasteiger partial charge in [0.1, 0.15) is 18.0 Å². The van der Waals surface area contributed by atoms with Gasteiger partial charge >= 0.3 is 0 Å². The molecule has 0 saturated carbocycles. The first-order valence-corrected chi connectivity index (χ1v) is 11.5. The first-order chi connectivity index (χ1) is 15.9. The smallest absolute Gasteiger partial charge is 0.268 e. The Morgan fingerprint density at radius 3 is 2.52 bits per heavy atom. The number of carbonyl (C=O) groups excluding carboxylic acids is 3. The van der Waals surface area contributed by atoms with Crippen LogP contribution in [0.3, 0.4) is 0 Å². The molecule has 8 nitrogen and oxygen atoms in total. The van der Waals surface area contributed by atoms with E-state index in [0.717, 1.165) is 18.5 Å². The maximum Gasteiger partial charge on any atom is 0.268 e. The molecule has 2 fully saturated rings. The maximum atomic E-state index is 13.5. The van der Waals surface area contributed by atoms with Gasteiger partial charge in [0.25, 0.3) is 11.8 Å². The van der Waals surface area contributed by atoms with Crippen LogP contribution in [0.4, 0.5) is 11.4 Å². The Morgan fingerprint density at radius 1 is 1.03 bits per heavy atom. The van der Waals surface area contributed by atoms with Gasteiger partial charge in [0.2, 0.25) is 5.91 Å². The minimum atomic E-state index is -0.629. The van der Waals surface area contributed by atoms with Crippen molar-refractivity contribution < 1.29 is 19.1 Å². The number of piperidine rings is 1. The van der Waals surface area contributed by atoms with Crippen molar-refractivity contribution in [2.75, 3.05) is 16.8 Å². The highest BCUT2D eigenvalue weighted by Gasteiger charge is 2.52. The van der Waals surface area contributed by atoms with Gasteiger partial charge < -0.3 is 20.3 Å². The van der Waals surface area contributed by atoms with Gasteiger partial charge in [-0.15, -0.1) is 0 Å². The summed E-state index contributed by atoms with van der Waals surface area (Å²) in [5.74, 6) is 0.275. The van der Waals surface area contributed by atoms with E-state index < -0.39 is 11.8 Å². The molecule has 3 unspecified atom stereocenters. The second-order valence-corrected chi connectivity index (χ2v) is 9.45. The van der Waals surface area contributed by atoms with Crippen LogP contribution in [0, 0.1) is 0 Å². The largest absolute Gasteiger partial charge is 0.479 e. The quantitative estimate of drug-likeness (QED) is 0.740. The normalized spacial score (nSPS) is 29.7. The van der Waals surface area contributed by atoms with Crippen molar-refractivity contribution in [3.05, 3.63) is 54.1 Å². The van der Waals surface area contributed by atoms with E-state index in [-0.39, 0.29) is 36.3 Å². The molecule has 3 amide bonds. The molecule has 4 aliphatic rings. The molecule has 4 heterocycles. The van der Waals surface area contributed by atoms with E-state index in [4.69, 9.17) is 4.74 Å². The van der Waals surface area contributed by atoms with Crippen molar-refractivity contribution >= 4 is 29.1 Å². The Kier molecular flexibility index (Phi) is 4.40. The maximum absolute atomic E-state index is 13.5. The average Bonchev–Trinajstić information content (AvgIpc) is 3.09. The zero-order valence-corrected chi connectivity index (χ0v) is 18.4. The van der Waals surface area contributed by atoms with Crippen LogP contribution in [-0.2, 0) is 9.59 Å². The average molecular weight is 447 g/mol. The van der Waals surface area contributed by atoms with E-state index in [1.54, 1.807) is 11.8 Å². The number of fused-ring (bicyclic) bond motifs is 4. The van der Waals surface area contributed by atoms with Crippen molar-refractivity contribution in [2.45, 2.75) is 56.5 Å². The van der Waals surface area contributed by atoms with Gasteiger partial charge in [0.15, 0.2) is 6.10 Å². The van der Waals surface area contributed by atoms with E-state index in [0.29, 0.717) is 29.8 Å². The van der Waals surface area contributed by atoms with Gasteiger partial charge in [-0.3, -0.25) is 19.3 Å². The van der Waals surface area contributed by atoms with E-state index in [2.05, 4.69) is 10.6 Å². The highest BCUT2D eigenvalue weighted by atomic mass is 16.5. The highest BCUT2D eigenvalue weighted by molar-refractivity contribution is 6.04. The van der Waals surface area contributed by atoms with Crippen LogP contribution >= 0.6 is 0 Å². The third-order valence-electron chi connectivity index (χ3n) is 7.34. The number of ether oxygens (including phenoxy) is 1. The first-order valence-electron chi connectivity index (χ1n) is 11.5. The molecule has 2 saturated heterocycles. The molecule has 0 aromatic heterocycles. The van der Waals surface area contributed by atoms with Gasteiger partial charge in [-0.2, -0.15) is 0 Å². The monoisotopic (exact) mass is 446 g/mol. The molecule has 0 radical (unpaired) electrons. The molecule has 1 spiro atoms. The molecule has 3 atom stereocenters. The number of para-hydroxylation sites is 3. The number of benzene rings is 2. The van der Waals surface area contributed by atoms with Crippen molar-refractivity contribution in [2.24, 2.45) is 0 Å². The molecule has 170 valence electrons. The summed E-state index contributed by atoms with van der Waals surface area (Å²) < 4.78 is 5.71. The molecule has 2 aromatic rings. The third-order valence-corrected chi connectivity index (χ3v) is 7.34. The molecule has 4 aliphatic heterocycles. The number of hydrogen-bond donors (Lipinski definition) is 2. The van der Waals surface area contributed by atoms with Gasteiger partial charge in [-0.1, -0.05) is 24.3 Å². The summed E-state index contributed by atoms with van der Waals surface area (Å²) >= 11 is 0. The van der Waals surface area contributed by atoms with Crippen LogP contribution in [0.15, 0.2) is 48.5 Å². The Hall–Kier alpha value is -3.55. The first kappa shape index (κ1) is 20.1. The van der Waals surface area contributed by atoms with Gasteiger partial charge in [0.05, 0.1) is 11.3 Å². The summed E-state index contributed by atoms with van der Waals surface area (Å²) in [6.45, 7) is 1.70. The Morgan fingerprint density at radius 2 is 1.73 bits per heavy atom. The van der Waals surface area contributed by atoms with Gasteiger partial charge in [-0.05, 0) is 44.0 Å². The summed E-state index contributed by atoms with van der Waals surface area (Å²) in [6, 6.07) is 14.9. The number of rotatable bonds is 2. The lowest BCUT2D eigenvalue weighted by molar-refractivity contribution is -0.137. The third kappa shape index (κ3) is 3.15. The molecule has 2 aromatic carbocycles. The lowest BCUT2D eigenvalue weighted by atomic mass is 9.87. The van der Waals surface area contributed by atoms with Crippen LogP contribution in [-0.4, -0.2) is 53.0 Å². The molecule has 2 N–H and O–H groups in total. The Labute approximate surface area is 191 Å². The number of nitrogens with one attached hydrogen (secondary N) is 2. The Balaban J connectivity index is 1.23. The van der Waals surface area contributed by atoms with Crippen molar-refractivity contribution in [1.82, 2.24) is 10.2 Å². The summed E-state index contributed by atoms with van der Waals surface area (Å²) in [5, 5.41) is 6.75. The van der Waals surface area contributed by atoms with Crippen LogP contribution in [0.1, 0.15) is 43.0 Å². The summed E-state index contributed by atoms with van der Waals surface area (Å²) in [5.41, 5.74) is 1.56. The van der Waals surface area contributed by atoms with Crippen molar-refractivity contribution in [3.63, 3.8) is 0 Å². The summed E-state index contributed by atoms with van der Waals surface area (Å²) in [7, 11) is 0. The number of anilines is 2. The molecule has 0 aliphatic carbocycles. The minimum absolute atomic E-state index is 0.00777. The molecule has 8 heteroatoms. The van der Waals surface area contributed by atoms with Crippen LogP contribution in [0.25, 0.3) is 0 Å². The SMILES string of the molecule is CC1Oc2ccccc2N(CC(=O)N2C3CCC2CC2(C3)NC(=O)c3ccccc3N2)C1=O. The standard InChI is InChI=1S/C25H26N4O4/c1-15-24(32)28(20-8-4-5-9-21(20)33-15)14-22(30)29-16-10-11-17(29)13-25(12-16)26-19-7-3-2-6-18(19)23(31)27-25/h2-9,15-17,26H,10-14H2,1H3,(H,27,31). The fraction of sp³-hybridized carbons (Fsp3) is 0.400. The molecule has 33 heavy (non-hydrogen) atoms. The van der Waals surface area contributed by atoms with Crippen molar-refractivity contribution in [3.8, 4) is 5.75 Å². The number of carbonyl (C=O) groups is 3. The van der Waals surface area contributed by atoms with E-state index in [1.165, 1.54) is 0 Å². The lowest BCUT2D eigenvalue weighted by Gasteiger charge is -2.49. The lowest BCUT2D eigenvalue weighted by Crippen LogP contribution is -2.66. The Bertz CT molecular complexity index is 1150. The molecule has 6 rings (SSSR count). The fourth-order valence-electron chi connectivity index (χ4n) is 5.96. The van der Waals surface area contributed by atoms with E-state index in [9.17, 15) is 14.4 Å². The van der Waals surface area contributed by atoms with E-state index in [1.807, 2.05) is 53.4 Å². The van der Waals surface area contributed by atoms with Crippen molar-refractivity contribution in [1.29, 1.82) is 0 Å². The molecular weight excluding hydrogens is 420 g/mol. The zero-order valence-electron chi connectivity index (χ0n) is 18.4. The number of amides is 3. The topological polar surface area (TPSA) is 91.0 Å². The minimum Gasteiger partial charge on any atom is -0.479 e. The van der Waals surface area contributed by atoms with Crippen LogP contribution in [0.2, 0.25) is 0 Å².